The molecule has 0 unspecified atom stereocenters. The molecule has 0 aromatic heterocycles. The van der Waals surface area contributed by atoms with Crippen molar-refractivity contribution in [3.8, 4) is 0 Å². The highest BCUT2D eigenvalue weighted by Gasteiger charge is 2.22. The Labute approximate surface area is 108 Å². The summed E-state index contributed by atoms with van der Waals surface area (Å²) in [4.78, 5) is 24.2. The van der Waals surface area contributed by atoms with E-state index in [0.717, 1.165) is 38.8 Å². The summed E-state index contributed by atoms with van der Waals surface area (Å²) in [7, 11) is 1.64. The summed E-state index contributed by atoms with van der Waals surface area (Å²) in [6.07, 6.45) is 4.17. The van der Waals surface area contributed by atoms with Gasteiger partial charge in [0, 0.05) is 39.6 Å². The Morgan fingerprint density at radius 2 is 1.94 bits per heavy atom. The third-order valence-corrected chi connectivity index (χ3v) is 3.47. The van der Waals surface area contributed by atoms with Gasteiger partial charge in [-0.25, -0.2) is 0 Å². The molecule has 0 saturated carbocycles. The van der Waals surface area contributed by atoms with Crippen molar-refractivity contribution in [2.24, 2.45) is 5.92 Å². The zero-order valence-corrected chi connectivity index (χ0v) is 11.1. The van der Waals surface area contributed by atoms with Gasteiger partial charge < -0.3 is 14.7 Å². The molecule has 0 bridgehead atoms. The second kappa shape index (κ2) is 8.08. The second-order valence-electron chi connectivity index (χ2n) is 4.85. The van der Waals surface area contributed by atoms with Crippen LogP contribution in [0.4, 0.5) is 0 Å². The highest BCUT2D eigenvalue weighted by molar-refractivity contribution is 5.76. The number of nitrogens with zero attached hydrogens (tertiary/aromatic N) is 1. The molecule has 0 radical (unpaired) electrons. The largest absolute Gasteiger partial charge is 0.481 e. The third kappa shape index (κ3) is 5.49. The van der Waals surface area contributed by atoms with Crippen molar-refractivity contribution < 1.29 is 19.4 Å². The number of amides is 1. The van der Waals surface area contributed by atoms with Gasteiger partial charge in [0.2, 0.25) is 5.91 Å². The molecular weight excluding hydrogens is 234 g/mol. The molecule has 1 fully saturated rings. The average Bonchev–Trinajstić information content (AvgIpc) is 2.37. The van der Waals surface area contributed by atoms with Crippen LogP contribution in [0.15, 0.2) is 0 Å². The molecule has 0 spiro atoms. The van der Waals surface area contributed by atoms with Gasteiger partial charge >= 0.3 is 5.97 Å². The van der Waals surface area contributed by atoms with E-state index in [1.807, 2.05) is 4.90 Å². The quantitative estimate of drug-likeness (QED) is 0.702. The minimum Gasteiger partial charge on any atom is -0.481 e. The molecule has 1 saturated heterocycles. The van der Waals surface area contributed by atoms with Crippen LogP contribution in [0.1, 0.15) is 38.5 Å². The fraction of sp³-hybridized carbons (Fsp3) is 0.846. The van der Waals surface area contributed by atoms with Gasteiger partial charge in [0.05, 0.1) is 0 Å². The molecule has 104 valence electrons. The van der Waals surface area contributed by atoms with E-state index < -0.39 is 5.97 Å². The molecule has 0 atom stereocenters. The number of piperidine rings is 1. The monoisotopic (exact) mass is 257 g/mol. The maximum Gasteiger partial charge on any atom is 0.303 e. The number of carboxylic acid groups (broad SMARTS) is 1. The minimum atomic E-state index is -0.729. The molecule has 5 heteroatoms. The van der Waals surface area contributed by atoms with Crippen LogP contribution in [-0.2, 0) is 14.3 Å². The van der Waals surface area contributed by atoms with Gasteiger partial charge in [-0.05, 0) is 31.6 Å². The van der Waals surface area contributed by atoms with Crippen LogP contribution in [0.3, 0.4) is 0 Å². The number of aliphatic carboxylic acids is 1. The highest BCUT2D eigenvalue weighted by atomic mass is 16.5. The van der Waals surface area contributed by atoms with Crippen LogP contribution in [0, 0.1) is 5.92 Å². The van der Waals surface area contributed by atoms with Crippen molar-refractivity contribution >= 4 is 11.9 Å². The lowest BCUT2D eigenvalue weighted by atomic mass is 9.92. The van der Waals surface area contributed by atoms with E-state index in [9.17, 15) is 9.59 Å². The Morgan fingerprint density at radius 3 is 2.50 bits per heavy atom. The van der Waals surface area contributed by atoms with Crippen molar-refractivity contribution in [3.63, 3.8) is 0 Å². The number of hydrogen-bond acceptors (Lipinski definition) is 3. The number of carbonyl (C=O) groups excluding carboxylic acids is 1. The van der Waals surface area contributed by atoms with Gasteiger partial charge in [0.15, 0.2) is 0 Å². The predicted octanol–water partition coefficient (Wildman–Crippen LogP) is 1.52. The lowest BCUT2D eigenvalue weighted by Crippen LogP contribution is -2.38. The van der Waals surface area contributed by atoms with Crippen LogP contribution in [0.2, 0.25) is 0 Å². The SMILES string of the molecule is COCCCC(=O)N1CCC(CCC(=O)O)CC1. The molecule has 1 heterocycles. The topological polar surface area (TPSA) is 66.8 Å². The van der Waals surface area contributed by atoms with E-state index in [2.05, 4.69) is 0 Å². The maximum atomic E-state index is 11.8. The van der Waals surface area contributed by atoms with Crippen LogP contribution < -0.4 is 0 Å². The van der Waals surface area contributed by atoms with E-state index in [0.29, 0.717) is 18.9 Å². The Balaban J connectivity index is 2.17. The first kappa shape index (κ1) is 15.0. The molecule has 5 nitrogen and oxygen atoms in total. The van der Waals surface area contributed by atoms with Crippen molar-refractivity contribution in [1.82, 2.24) is 4.90 Å². The van der Waals surface area contributed by atoms with Crippen LogP contribution in [-0.4, -0.2) is 48.7 Å². The third-order valence-electron chi connectivity index (χ3n) is 3.47. The molecule has 0 aliphatic carbocycles. The number of carbonyl (C=O) groups is 2. The Kier molecular flexibility index (Phi) is 6.72. The van der Waals surface area contributed by atoms with E-state index in [1.54, 1.807) is 7.11 Å². The first-order valence-corrected chi connectivity index (χ1v) is 6.62. The Hall–Kier alpha value is -1.10. The number of ether oxygens (including phenoxy) is 1. The standard InChI is InChI=1S/C13H23NO4/c1-18-10-2-3-12(15)14-8-6-11(7-9-14)4-5-13(16)17/h11H,2-10H2,1H3,(H,16,17). The molecule has 0 aromatic rings. The number of likely N-dealkylation sites (tertiary alicyclic amines) is 1. The zero-order chi connectivity index (χ0) is 13.4. The summed E-state index contributed by atoms with van der Waals surface area (Å²) in [5.74, 6) is -0.0686. The minimum absolute atomic E-state index is 0.198. The van der Waals surface area contributed by atoms with Gasteiger partial charge in [-0.3, -0.25) is 9.59 Å². The maximum absolute atomic E-state index is 11.8. The second-order valence-corrected chi connectivity index (χ2v) is 4.85. The van der Waals surface area contributed by atoms with Crippen molar-refractivity contribution in [2.75, 3.05) is 26.8 Å². The first-order valence-electron chi connectivity index (χ1n) is 6.62. The van der Waals surface area contributed by atoms with E-state index >= 15 is 0 Å². The Morgan fingerprint density at radius 1 is 1.28 bits per heavy atom. The van der Waals surface area contributed by atoms with E-state index in [4.69, 9.17) is 9.84 Å². The van der Waals surface area contributed by atoms with Crippen molar-refractivity contribution in [2.45, 2.75) is 38.5 Å². The summed E-state index contributed by atoms with van der Waals surface area (Å²) < 4.78 is 4.92. The van der Waals surface area contributed by atoms with Gasteiger partial charge in [0.1, 0.15) is 0 Å². The number of hydrogen-bond donors (Lipinski definition) is 1. The van der Waals surface area contributed by atoms with Crippen molar-refractivity contribution in [3.05, 3.63) is 0 Å². The average molecular weight is 257 g/mol. The lowest BCUT2D eigenvalue weighted by Gasteiger charge is -2.32. The number of carboxylic acids is 1. The summed E-state index contributed by atoms with van der Waals surface area (Å²) in [6.45, 7) is 2.17. The fourth-order valence-electron chi connectivity index (χ4n) is 2.32. The molecule has 1 amide bonds. The van der Waals surface area contributed by atoms with Crippen molar-refractivity contribution in [1.29, 1.82) is 0 Å². The Bertz CT molecular complexity index is 272. The lowest BCUT2D eigenvalue weighted by molar-refractivity contribution is -0.138. The molecule has 1 aliphatic heterocycles. The van der Waals surface area contributed by atoms with Crippen LogP contribution >= 0.6 is 0 Å². The molecule has 1 rings (SSSR count). The molecule has 1 aliphatic rings. The summed E-state index contributed by atoms with van der Waals surface area (Å²) in [6, 6.07) is 0. The zero-order valence-electron chi connectivity index (χ0n) is 11.1. The predicted molar refractivity (Wildman–Crippen MR) is 67.3 cm³/mol. The summed E-state index contributed by atoms with van der Waals surface area (Å²) in [5.41, 5.74) is 0. The summed E-state index contributed by atoms with van der Waals surface area (Å²) in [5, 5.41) is 8.63. The van der Waals surface area contributed by atoms with Gasteiger partial charge in [0.25, 0.3) is 0 Å². The molecule has 18 heavy (non-hydrogen) atoms. The van der Waals surface area contributed by atoms with Crippen LogP contribution in [0.25, 0.3) is 0 Å². The smallest absolute Gasteiger partial charge is 0.303 e. The number of rotatable bonds is 7. The van der Waals surface area contributed by atoms with Crippen LogP contribution in [0.5, 0.6) is 0 Å². The van der Waals surface area contributed by atoms with Gasteiger partial charge in [-0.1, -0.05) is 0 Å². The van der Waals surface area contributed by atoms with E-state index in [-0.39, 0.29) is 12.3 Å². The summed E-state index contributed by atoms with van der Waals surface area (Å²) >= 11 is 0. The van der Waals surface area contributed by atoms with E-state index in [1.165, 1.54) is 0 Å². The molecule has 0 aromatic carbocycles. The number of methoxy groups -OCH3 is 1. The normalized spacial score (nSPS) is 16.8. The van der Waals surface area contributed by atoms with Gasteiger partial charge in [-0.2, -0.15) is 0 Å². The highest BCUT2D eigenvalue weighted by Crippen LogP contribution is 2.22. The van der Waals surface area contributed by atoms with Gasteiger partial charge in [-0.15, -0.1) is 0 Å². The fourth-order valence-corrected chi connectivity index (χ4v) is 2.32. The molecular formula is C13H23NO4. The molecule has 1 N–H and O–H groups in total. The first-order chi connectivity index (χ1) is 8.63.